The van der Waals surface area contributed by atoms with Crippen molar-refractivity contribution in [2.45, 2.75) is 32.5 Å². The fourth-order valence-corrected chi connectivity index (χ4v) is 5.51. The number of rotatable bonds is 10. The van der Waals surface area contributed by atoms with Gasteiger partial charge in [0, 0.05) is 63.4 Å². The number of methoxy groups -OCH3 is 1. The van der Waals surface area contributed by atoms with Crippen LogP contribution >= 0.6 is 7.14 Å². The summed E-state index contributed by atoms with van der Waals surface area (Å²) in [5.41, 5.74) is -2.67. The number of fused-ring (bicyclic) bond motifs is 1. The van der Waals surface area contributed by atoms with Crippen LogP contribution in [-0.2, 0) is 22.4 Å². The molecule has 0 radical (unpaired) electrons. The molecule has 2 N–H and O–H groups in total. The first-order valence-corrected chi connectivity index (χ1v) is 14.9. The molecule has 2 heterocycles. The third-order valence-corrected chi connectivity index (χ3v) is 8.42. The smallest absolute Gasteiger partial charge is 0.257 e. The first-order valence-electron chi connectivity index (χ1n) is 12.2. The van der Waals surface area contributed by atoms with Gasteiger partial charge in [-0.1, -0.05) is 13.0 Å². The topological polar surface area (TPSA) is 118 Å². The van der Waals surface area contributed by atoms with E-state index in [-0.39, 0.29) is 31.0 Å². The Morgan fingerprint density at radius 1 is 1.32 bits per heavy atom. The number of likely N-dealkylation sites (N-methyl/N-ethyl adjacent to an activating group) is 1. The predicted molar refractivity (Wildman–Crippen MR) is 140 cm³/mol. The molecule has 0 spiro atoms. The maximum absolute atomic E-state index is 14.0. The largest absolute Gasteiger partial charge is 0.503 e. The summed E-state index contributed by atoms with van der Waals surface area (Å²) in [5.74, 6) is -3.81. The van der Waals surface area contributed by atoms with Crippen molar-refractivity contribution in [2.75, 3.05) is 46.8 Å². The number of ether oxygens (including phenoxy) is 1. The molecule has 2 atom stereocenters. The number of benzene rings is 1. The van der Waals surface area contributed by atoms with Gasteiger partial charge in [-0.15, -0.1) is 0 Å². The van der Waals surface area contributed by atoms with Crippen molar-refractivity contribution in [1.82, 2.24) is 14.8 Å². The minimum absolute atomic E-state index is 0.0111. The van der Waals surface area contributed by atoms with Gasteiger partial charge < -0.3 is 29.2 Å². The number of carbonyl (C=O) groups is 2. The molecule has 1 aliphatic rings. The van der Waals surface area contributed by atoms with Crippen LogP contribution in [0, 0.1) is 17.0 Å². The van der Waals surface area contributed by atoms with E-state index in [0.717, 1.165) is 6.07 Å². The van der Waals surface area contributed by atoms with Crippen molar-refractivity contribution in [2.24, 2.45) is 5.41 Å². The Balaban J connectivity index is 1.97. The predicted octanol–water partition coefficient (Wildman–Crippen LogP) is 2.92. The molecule has 2 aromatic rings. The first-order chi connectivity index (χ1) is 17.7. The maximum Gasteiger partial charge on any atom is 0.257 e. The molecule has 1 aromatic carbocycles. The molecule has 0 fully saturated rings. The molecule has 2 unspecified atom stereocenters. The number of ketones is 1. The molecule has 1 amide bonds. The second-order valence-electron chi connectivity index (χ2n) is 10.4. The fourth-order valence-electron chi connectivity index (χ4n) is 4.71. The Morgan fingerprint density at radius 2 is 2.00 bits per heavy atom. The number of halogens is 2. The van der Waals surface area contributed by atoms with Crippen LogP contribution in [0.15, 0.2) is 29.2 Å². The minimum Gasteiger partial charge on any atom is -0.503 e. The Morgan fingerprint density at radius 3 is 2.61 bits per heavy atom. The van der Waals surface area contributed by atoms with Gasteiger partial charge in [-0.25, -0.2) is 8.78 Å². The number of aromatic nitrogens is 1. The zero-order chi connectivity index (χ0) is 28.4. The molecule has 1 aromatic heterocycles. The van der Waals surface area contributed by atoms with Crippen LogP contribution < -0.4 is 10.7 Å². The van der Waals surface area contributed by atoms with Gasteiger partial charge in [0.25, 0.3) is 5.91 Å². The Hall–Kier alpha value is -2.88. The van der Waals surface area contributed by atoms with Crippen LogP contribution in [0.3, 0.4) is 0 Å². The van der Waals surface area contributed by atoms with Crippen molar-refractivity contribution >= 4 is 18.8 Å². The van der Waals surface area contributed by atoms with Crippen molar-refractivity contribution in [1.29, 1.82) is 0 Å². The lowest BCUT2D eigenvalue weighted by atomic mass is 9.71. The third kappa shape index (κ3) is 6.22. The summed E-state index contributed by atoms with van der Waals surface area (Å²) in [6.45, 7) is 5.69. The molecule has 1 aliphatic heterocycles. The Labute approximate surface area is 220 Å². The van der Waals surface area contributed by atoms with Gasteiger partial charge in [-0.3, -0.25) is 14.4 Å². The van der Waals surface area contributed by atoms with E-state index in [1.54, 1.807) is 20.3 Å². The monoisotopic (exact) mass is 553 g/mol. The number of nitrogens with one attached hydrogen (secondary N) is 1. The molecular weight excluding hydrogens is 519 g/mol. The summed E-state index contributed by atoms with van der Waals surface area (Å²) in [4.78, 5) is 41.5. The summed E-state index contributed by atoms with van der Waals surface area (Å²) in [5, 5.41) is 13.2. The highest BCUT2D eigenvalue weighted by atomic mass is 31.2. The summed E-state index contributed by atoms with van der Waals surface area (Å²) in [6, 6.07) is 2.48. The van der Waals surface area contributed by atoms with Crippen molar-refractivity contribution in [3.63, 3.8) is 0 Å². The van der Waals surface area contributed by atoms with E-state index in [2.05, 4.69) is 5.32 Å². The number of nitrogens with zero attached hydrogens (tertiary/aromatic N) is 2. The zero-order valence-electron chi connectivity index (χ0n) is 22.2. The highest BCUT2D eigenvalue weighted by molar-refractivity contribution is 7.62. The highest BCUT2D eigenvalue weighted by Crippen LogP contribution is 2.41. The van der Waals surface area contributed by atoms with Crippen molar-refractivity contribution < 1.29 is 32.8 Å². The molecule has 0 saturated heterocycles. The van der Waals surface area contributed by atoms with E-state index in [9.17, 15) is 32.8 Å². The van der Waals surface area contributed by atoms with Crippen LogP contribution in [0.2, 0.25) is 0 Å². The quantitative estimate of drug-likeness (QED) is 0.435. The minimum atomic E-state index is -2.33. The van der Waals surface area contributed by atoms with Crippen molar-refractivity contribution in [3.05, 3.63) is 63.1 Å². The van der Waals surface area contributed by atoms with Gasteiger partial charge in [-0.05, 0) is 32.9 Å². The summed E-state index contributed by atoms with van der Waals surface area (Å²) in [7, 11) is 0.999. The van der Waals surface area contributed by atoms with Crippen molar-refractivity contribution in [3.8, 4) is 5.75 Å². The molecular formula is C26H34F2N3O6P. The van der Waals surface area contributed by atoms with Gasteiger partial charge in [0.05, 0.1) is 12.6 Å². The van der Waals surface area contributed by atoms with Crippen LogP contribution in [-0.4, -0.2) is 79.1 Å². The first kappa shape index (κ1) is 29.7. The fraction of sp³-hybridized carbons (Fsp3) is 0.500. The number of amides is 1. The van der Waals surface area contributed by atoms with E-state index in [0.29, 0.717) is 25.2 Å². The Kier molecular flexibility index (Phi) is 8.96. The highest BCUT2D eigenvalue weighted by Gasteiger charge is 2.49. The van der Waals surface area contributed by atoms with E-state index in [1.165, 1.54) is 23.9 Å². The van der Waals surface area contributed by atoms with Crippen LogP contribution in [0.1, 0.15) is 39.8 Å². The average molecular weight is 554 g/mol. The number of hydrogen-bond acceptors (Lipinski definition) is 7. The number of carbonyl (C=O) groups excluding carboxylic acids is 2. The van der Waals surface area contributed by atoms with E-state index >= 15 is 0 Å². The Bertz CT molecular complexity index is 1340. The number of Topliss-reactive ketones (excluding diaryl/α,β-unsaturated/α-hetero) is 1. The van der Waals surface area contributed by atoms with E-state index in [4.69, 9.17) is 4.74 Å². The lowest BCUT2D eigenvalue weighted by Gasteiger charge is -2.46. The molecule has 38 heavy (non-hydrogen) atoms. The normalized spacial score (nSPS) is 19.5. The van der Waals surface area contributed by atoms with Crippen LogP contribution in [0.4, 0.5) is 8.78 Å². The lowest BCUT2D eigenvalue weighted by Crippen LogP contribution is -2.56. The number of aromatic hydroxyl groups is 1. The average Bonchev–Trinajstić information content (AvgIpc) is 2.84. The molecule has 0 aliphatic carbocycles. The van der Waals surface area contributed by atoms with Crippen LogP contribution in [0.5, 0.6) is 5.75 Å². The second kappa shape index (κ2) is 11.5. The molecule has 208 valence electrons. The van der Waals surface area contributed by atoms with Gasteiger partial charge in [0.1, 0.15) is 22.9 Å². The molecule has 0 saturated carbocycles. The van der Waals surface area contributed by atoms with Gasteiger partial charge >= 0.3 is 0 Å². The second-order valence-corrected chi connectivity index (χ2v) is 14.0. The molecule has 3 rings (SSSR count). The standard InChI is InChI=1S/C26H34F2N3O6P/c1-26(8-10-37-3)20(30(2)9-11-38(4,5)36)15-31-14-18(22(32)23(33)21(31)24(26)34)25(35)29-13-16-6-7-17(27)12-19(16)28/h6-7,12,14,20,33H,8-11,13,15H2,1-5H3,(H,29,35). The molecule has 12 heteroatoms. The third-order valence-electron chi connectivity index (χ3n) is 7.14. The van der Waals surface area contributed by atoms with Gasteiger partial charge in [0.15, 0.2) is 11.5 Å². The maximum atomic E-state index is 14.0. The van der Waals surface area contributed by atoms with Gasteiger partial charge in [0.2, 0.25) is 5.43 Å². The van der Waals surface area contributed by atoms with E-state index < -0.39 is 58.7 Å². The molecule has 0 bridgehead atoms. The zero-order valence-corrected chi connectivity index (χ0v) is 23.1. The summed E-state index contributed by atoms with van der Waals surface area (Å²) in [6.07, 6.45) is 1.96. The number of hydrogen-bond donors (Lipinski definition) is 2. The van der Waals surface area contributed by atoms with Gasteiger partial charge in [-0.2, -0.15) is 0 Å². The molecule has 9 nitrogen and oxygen atoms in total. The van der Waals surface area contributed by atoms with Crippen LogP contribution in [0.25, 0.3) is 0 Å². The lowest BCUT2D eigenvalue weighted by molar-refractivity contribution is 0.0296. The number of pyridine rings is 1. The summed E-state index contributed by atoms with van der Waals surface area (Å²) >= 11 is 0. The summed E-state index contributed by atoms with van der Waals surface area (Å²) < 4.78 is 46.1. The SMILES string of the molecule is COCCC1(C)C(=O)c2c(O)c(=O)c(C(=O)NCc3ccc(F)cc3F)cn2CC1N(C)CCP(C)(C)=O. The van der Waals surface area contributed by atoms with E-state index in [1.807, 2.05) is 11.9 Å².